The second-order valence-electron chi connectivity index (χ2n) is 5.16. The van der Waals surface area contributed by atoms with E-state index < -0.39 is 5.97 Å². The summed E-state index contributed by atoms with van der Waals surface area (Å²) in [6, 6.07) is 8.26. The minimum Gasteiger partial charge on any atom is -0.464 e. The first kappa shape index (κ1) is 14.5. The van der Waals surface area contributed by atoms with Gasteiger partial charge in [0.2, 0.25) is 0 Å². The molecule has 22 heavy (non-hydrogen) atoms. The topological polar surface area (TPSA) is 72.3 Å². The molecule has 1 aromatic heterocycles. The Morgan fingerprint density at radius 3 is 2.86 bits per heavy atom. The van der Waals surface area contributed by atoms with Crippen LogP contribution >= 0.6 is 0 Å². The number of carbonyl (C=O) groups is 1. The maximum atomic E-state index is 11.4. The molecule has 0 aliphatic carbocycles. The van der Waals surface area contributed by atoms with Crippen molar-refractivity contribution < 1.29 is 9.53 Å². The molecular weight excluding hydrogens is 282 g/mol. The standard InChI is InChI=1S/C15H19N5O2/c1-22-15(21)13-11-20(18-17-13)10-12-4-2-3-5-14(12)19-8-6-16-7-9-19/h2-5,11,16H,6-10H2,1H3. The summed E-state index contributed by atoms with van der Waals surface area (Å²) in [5.74, 6) is -0.471. The summed E-state index contributed by atoms with van der Waals surface area (Å²) in [4.78, 5) is 13.8. The summed E-state index contributed by atoms with van der Waals surface area (Å²) in [5, 5.41) is 11.2. The number of benzene rings is 1. The van der Waals surface area contributed by atoms with Crippen molar-refractivity contribution in [2.45, 2.75) is 6.54 Å². The third-order valence-electron chi connectivity index (χ3n) is 3.71. The molecule has 0 spiro atoms. The fraction of sp³-hybridized carbons (Fsp3) is 0.400. The molecule has 0 unspecified atom stereocenters. The first-order chi connectivity index (χ1) is 10.8. The lowest BCUT2D eigenvalue weighted by Gasteiger charge is -2.31. The summed E-state index contributed by atoms with van der Waals surface area (Å²) in [6.07, 6.45) is 1.61. The van der Waals surface area contributed by atoms with Gasteiger partial charge in [0.25, 0.3) is 0 Å². The molecule has 1 N–H and O–H groups in total. The van der Waals surface area contributed by atoms with Crippen LogP contribution in [0.3, 0.4) is 0 Å². The summed E-state index contributed by atoms with van der Waals surface area (Å²) < 4.78 is 6.31. The van der Waals surface area contributed by atoms with Gasteiger partial charge in [0.15, 0.2) is 5.69 Å². The number of carbonyl (C=O) groups excluding carboxylic acids is 1. The van der Waals surface area contributed by atoms with Gasteiger partial charge in [-0.05, 0) is 11.6 Å². The smallest absolute Gasteiger partial charge is 0.360 e. The third kappa shape index (κ3) is 3.09. The van der Waals surface area contributed by atoms with E-state index in [-0.39, 0.29) is 5.69 Å². The van der Waals surface area contributed by atoms with Crippen molar-refractivity contribution >= 4 is 11.7 Å². The number of nitrogens with zero attached hydrogens (tertiary/aromatic N) is 4. The van der Waals surface area contributed by atoms with Crippen molar-refractivity contribution in [3.05, 3.63) is 41.7 Å². The highest BCUT2D eigenvalue weighted by Gasteiger charge is 2.15. The quantitative estimate of drug-likeness (QED) is 0.830. The number of methoxy groups -OCH3 is 1. The lowest BCUT2D eigenvalue weighted by molar-refractivity contribution is 0.0594. The molecule has 7 heteroatoms. The van der Waals surface area contributed by atoms with Gasteiger partial charge < -0.3 is 15.0 Å². The van der Waals surface area contributed by atoms with Crippen LogP contribution < -0.4 is 10.2 Å². The summed E-state index contributed by atoms with van der Waals surface area (Å²) in [7, 11) is 1.33. The number of hydrogen-bond acceptors (Lipinski definition) is 6. The number of aromatic nitrogens is 3. The lowest BCUT2D eigenvalue weighted by atomic mass is 10.1. The normalized spacial score (nSPS) is 14.9. The molecule has 2 aromatic rings. The van der Waals surface area contributed by atoms with E-state index in [0.29, 0.717) is 6.54 Å². The molecule has 3 rings (SSSR count). The second-order valence-corrected chi connectivity index (χ2v) is 5.16. The summed E-state index contributed by atoms with van der Waals surface area (Å²) >= 11 is 0. The van der Waals surface area contributed by atoms with Crippen molar-refractivity contribution in [3.8, 4) is 0 Å². The van der Waals surface area contributed by atoms with E-state index in [1.54, 1.807) is 10.9 Å². The van der Waals surface area contributed by atoms with Gasteiger partial charge in [0.1, 0.15) is 0 Å². The Morgan fingerprint density at radius 1 is 1.32 bits per heavy atom. The Hall–Kier alpha value is -2.41. The Bertz CT molecular complexity index is 649. The van der Waals surface area contributed by atoms with E-state index in [1.165, 1.54) is 12.8 Å². The fourth-order valence-corrected chi connectivity index (χ4v) is 2.61. The predicted molar refractivity (Wildman–Crippen MR) is 82.0 cm³/mol. The maximum Gasteiger partial charge on any atom is 0.360 e. The van der Waals surface area contributed by atoms with Gasteiger partial charge in [0.05, 0.1) is 19.9 Å². The molecule has 1 saturated heterocycles. The molecule has 0 bridgehead atoms. The summed E-state index contributed by atoms with van der Waals surface area (Å²) in [6.45, 7) is 4.53. The zero-order valence-electron chi connectivity index (χ0n) is 12.5. The third-order valence-corrected chi connectivity index (χ3v) is 3.71. The minimum absolute atomic E-state index is 0.224. The number of anilines is 1. The average molecular weight is 301 g/mol. The lowest BCUT2D eigenvalue weighted by Crippen LogP contribution is -2.43. The maximum absolute atomic E-state index is 11.4. The van der Waals surface area contributed by atoms with Crippen LogP contribution in [-0.4, -0.2) is 54.3 Å². The van der Waals surface area contributed by atoms with E-state index in [4.69, 9.17) is 0 Å². The van der Waals surface area contributed by atoms with Crippen LogP contribution in [0.25, 0.3) is 0 Å². The van der Waals surface area contributed by atoms with E-state index in [1.807, 2.05) is 12.1 Å². The largest absolute Gasteiger partial charge is 0.464 e. The monoisotopic (exact) mass is 301 g/mol. The molecule has 0 amide bonds. The average Bonchev–Trinajstić information content (AvgIpc) is 3.04. The van der Waals surface area contributed by atoms with Crippen molar-refractivity contribution in [1.29, 1.82) is 0 Å². The Kier molecular flexibility index (Phi) is 4.34. The molecule has 2 heterocycles. The Balaban J connectivity index is 1.80. The van der Waals surface area contributed by atoms with Gasteiger partial charge in [-0.2, -0.15) is 0 Å². The van der Waals surface area contributed by atoms with Crippen LogP contribution in [0.15, 0.2) is 30.5 Å². The molecule has 0 atom stereocenters. The van der Waals surface area contributed by atoms with Crippen molar-refractivity contribution in [2.75, 3.05) is 38.2 Å². The number of esters is 1. The number of para-hydroxylation sites is 1. The minimum atomic E-state index is -0.471. The van der Waals surface area contributed by atoms with Crippen LogP contribution in [0.4, 0.5) is 5.69 Å². The van der Waals surface area contributed by atoms with E-state index in [2.05, 4.69) is 37.4 Å². The fourth-order valence-electron chi connectivity index (χ4n) is 2.61. The molecule has 1 fully saturated rings. The van der Waals surface area contributed by atoms with Gasteiger partial charge >= 0.3 is 5.97 Å². The number of rotatable bonds is 4. The van der Waals surface area contributed by atoms with Crippen molar-refractivity contribution in [2.24, 2.45) is 0 Å². The molecule has 1 aliphatic heterocycles. The molecule has 7 nitrogen and oxygen atoms in total. The van der Waals surface area contributed by atoms with Crippen LogP contribution in [0.5, 0.6) is 0 Å². The van der Waals surface area contributed by atoms with Crippen LogP contribution in [0.2, 0.25) is 0 Å². The first-order valence-electron chi connectivity index (χ1n) is 7.30. The van der Waals surface area contributed by atoms with Gasteiger partial charge in [0, 0.05) is 31.9 Å². The van der Waals surface area contributed by atoms with Gasteiger partial charge in [-0.3, -0.25) is 0 Å². The summed E-state index contributed by atoms with van der Waals surface area (Å²) in [5.41, 5.74) is 2.59. The van der Waals surface area contributed by atoms with Crippen LogP contribution in [-0.2, 0) is 11.3 Å². The highest BCUT2D eigenvalue weighted by atomic mass is 16.5. The number of piperazine rings is 1. The van der Waals surface area contributed by atoms with Gasteiger partial charge in [-0.1, -0.05) is 23.4 Å². The van der Waals surface area contributed by atoms with Crippen LogP contribution in [0, 0.1) is 0 Å². The Labute approximate surface area is 128 Å². The van der Waals surface area contributed by atoms with E-state index in [0.717, 1.165) is 31.7 Å². The number of ether oxygens (including phenoxy) is 1. The van der Waals surface area contributed by atoms with Gasteiger partial charge in [-0.15, -0.1) is 5.10 Å². The molecular formula is C15H19N5O2. The molecule has 1 aromatic carbocycles. The molecule has 116 valence electrons. The molecule has 0 radical (unpaired) electrons. The predicted octanol–water partition coefficient (Wildman–Crippen LogP) is 0.523. The zero-order valence-corrected chi connectivity index (χ0v) is 12.5. The zero-order chi connectivity index (χ0) is 15.4. The van der Waals surface area contributed by atoms with Crippen molar-refractivity contribution in [3.63, 3.8) is 0 Å². The number of hydrogen-bond donors (Lipinski definition) is 1. The highest BCUT2D eigenvalue weighted by molar-refractivity contribution is 5.86. The van der Waals surface area contributed by atoms with Gasteiger partial charge in [-0.25, -0.2) is 9.48 Å². The Morgan fingerprint density at radius 2 is 2.09 bits per heavy atom. The number of nitrogens with one attached hydrogen (secondary N) is 1. The van der Waals surface area contributed by atoms with Crippen molar-refractivity contribution in [1.82, 2.24) is 20.3 Å². The highest BCUT2D eigenvalue weighted by Crippen LogP contribution is 2.21. The second kappa shape index (κ2) is 6.57. The SMILES string of the molecule is COC(=O)c1cn(Cc2ccccc2N2CCNCC2)nn1. The van der Waals surface area contributed by atoms with Crippen LogP contribution in [0.1, 0.15) is 16.1 Å². The first-order valence-corrected chi connectivity index (χ1v) is 7.30. The molecule has 1 aliphatic rings. The van der Waals surface area contributed by atoms with E-state index in [9.17, 15) is 4.79 Å². The van der Waals surface area contributed by atoms with E-state index >= 15 is 0 Å². The molecule has 0 saturated carbocycles.